The van der Waals surface area contributed by atoms with Crippen LogP contribution in [0.15, 0.2) is 29.7 Å². The summed E-state index contributed by atoms with van der Waals surface area (Å²) < 4.78 is 6.18. The SMILES string of the molecule is Cc1ccc2c(c1)[C@H]1OCCC[C@H]1[C@H](C1C=CSC1)N2. The van der Waals surface area contributed by atoms with Crippen LogP contribution < -0.4 is 5.32 Å². The first kappa shape index (κ1) is 12.8. The van der Waals surface area contributed by atoms with E-state index < -0.39 is 0 Å². The number of thioether (sulfide) groups is 1. The number of fused-ring (bicyclic) bond motifs is 3. The summed E-state index contributed by atoms with van der Waals surface area (Å²) in [5.41, 5.74) is 3.99. The van der Waals surface area contributed by atoms with E-state index in [0.29, 0.717) is 24.0 Å². The maximum Gasteiger partial charge on any atom is 0.0892 e. The van der Waals surface area contributed by atoms with Crippen LogP contribution in [0, 0.1) is 18.8 Å². The van der Waals surface area contributed by atoms with Crippen LogP contribution in [0.25, 0.3) is 0 Å². The second-order valence-electron chi connectivity index (χ2n) is 6.18. The molecule has 1 fully saturated rings. The minimum absolute atomic E-state index is 0.295. The van der Waals surface area contributed by atoms with Gasteiger partial charge in [-0.05, 0) is 31.2 Å². The first-order valence-electron chi connectivity index (χ1n) is 7.60. The second-order valence-corrected chi connectivity index (χ2v) is 7.12. The zero-order valence-electron chi connectivity index (χ0n) is 11.8. The number of benzene rings is 1. The normalized spacial score (nSPS) is 35.2. The summed E-state index contributed by atoms with van der Waals surface area (Å²) >= 11 is 1.94. The van der Waals surface area contributed by atoms with Gasteiger partial charge >= 0.3 is 0 Å². The van der Waals surface area contributed by atoms with Crippen LogP contribution in [0.5, 0.6) is 0 Å². The highest BCUT2D eigenvalue weighted by atomic mass is 32.2. The van der Waals surface area contributed by atoms with E-state index in [-0.39, 0.29) is 0 Å². The first-order valence-corrected chi connectivity index (χ1v) is 8.65. The van der Waals surface area contributed by atoms with Gasteiger partial charge in [0.2, 0.25) is 0 Å². The van der Waals surface area contributed by atoms with Crippen molar-refractivity contribution < 1.29 is 4.74 Å². The first-order chi connectivity index (χ1) is 9.83. The molecular weight excluding hydrogens is 266 g/mol. The second kappa shape index (κ2) is 5.12. The van der Waals surface area contributed by atoms with Gasteiger partial charge < -0.3 is 10.1 Å². The Bertz CT molecular complexity index is 542. The number of ether oxygens (including phenoxy) is 1. The van der Waals surface area contributed by atoms with Gasteiger partial charge in [-0.25, -0.2) is 0 Å². The summed E-state index contributed by atoms with van der Waals surface area (Å²) in [5.74, 6) is 2.47. The minimum atomic E-state index is 0.295. The van der Waals surface area contributed by atoms with Crippen LogP contribution >= 0.6 is 11.8 Å². The Morgan fingerprint density at radius 3 is 3.15 bits per heavy atom. The van der Waals surface area contributed by atoms with Gasteiger partial charge in [-0.1, -0.05) is 23.8 Å². The van der Waals surface area contributed by atoms with Crippen molar-refractivity contribution in [1.82, 2.24) is 0 Å². The molecule has 3 aliphatic rings. The van der Waals surface area contributed by atoms with Gasteiger partial charge in [0, 0.05) is 41.5 Å². The Balaban J connectivity index is 1.73. The summed E-state index contributed by atoms with van der Waals surface area (Å²) in [6, 6.07) is 7.27. The molecule has 3 heterocycles. The van der Waals surface area contributed by atoms with Crippen LogP contribution in [0.4, 0.5) is 5.69 Å². The largest absolute Gasteiger partial charge is 0.381 e. The molecule has 4 atom stereocenters. The lowest BCUT2D eigenvalue weighted by Gasteiger charge is -2.45. The molecule has 2 nitrogen and oxygen atoms in total. The van der Waals surface area contributed by atoms with E-state index >= 15 is 0 Å². The molecule has 0 spiro atoms. The fourth-order valence-corrected chi connectivity index (χ4v) is 4.82. The van der Waals surface area contributed by atoms with Gasteiger partial charge in [0.15, 0.2) is 0 Å². The van der Waals surface area contributed by atoms with Crippen molar-refractivity contribution in [3.8, 4) is 0 Å². The number of nitrogens with one attached hydrogen (secondary N) is 1. The predicted molar refractivity (Wildman–Crippen MR) is 85.1 cm³/mol. The van der Waals surface area contributed by atoms with Crippen LogP contribution in [0.1, 0.15) is 30.1 Å². The molecule has 20 heavy (non-hydrogen) atoms. The molecule has 1 aromatic carbocycles. The minimum Gasteiger partial charge on any atom is -0.381 e. The molecular formula is C17H21NOS. The van der Waals surface area contributed by atoms with Crippen LogP contribution in [0.3, 0.4) is 0 Å². The van der Waals surface area contributed by atoms with Crippen molar-refractivity contribution in [1.29, 1.82) is 0 Å². The summed E-state index contributed by atoms with van der Waals surface area (Å²) in [7, 11) is 0. The van der Waals surface area contributed by atoms with E-state index in [4.69, 9.17) is 4.74 Å². The molecule has 1 saturated heterocycles. The number of aryl methyl sites for hydroxylation is 1. The molecule has 1 N–H and O–H groups in total. The molecule has 106 valence electrons. The lowest BCUT2D eigenvalue weighted by atomic mass is 9.75. The topological polar surface area (TPSA) is 21.3 Å². The summed E-state index contributed by atoms with van der Waals surface area (Å²) in [5, 5.41) is 6.08. The zero-order valence-corrected chi connectivity index (χ0v) is 12.7. The van der Waals surface area contributed by atoms with Crippen LogP contribution in [-0.4, -0.2) is 18.4 Å². The number of hydrogen-bond acceptors (Lipinski definition) is 3. The molecule has 4 rings (SSSR count). The maximum atomic E-state index is 6.18. The van der Waals surface area contributed by atoms with Crippen molar-refractivity contribution in [3.63, 3.8) is 0 Å². The molecule has 0 radical (unpaired) electrons. The van der Waals surface area contributed by atoms with Gasteiger partial charge in [0.1, 0.15) is 0 Å². The third kappa shape index (κ3) is 2.08. The predicted octanol–water partition coefficient (Wildman–Crippen LogP) is 4.13. The number of hydrogen-bond donors (Lipinski definition) is 1. The Morgan fingerprint density at radius 2 is 2.30 bits per heavy atom. The van der Waals surface area contributed by atoms with Crippen LogP contribution in [0.2, 0.25) is 0 Å². The molecule has 3 heteroatoms. The van der Waals surface area contributed by atoms with Crippen molar-refractivity contribution in [3.05, 3.63) is 40.8 Å². The average molecular weight is 287 g/mol. The van der Waals surface area contributed by atoms with Gasteiger partial charge in [-0.2, -0.15) is 0 Å². The highest BCUT2D eigenvalue weighted by Crippen LogP contribution is 2.47. The third-order valence-electron chi connectivity index (χ3n) is 4.84. The lowest BCUT2D eigenvalue weighted by Crippen LogP contribution is -2.45. The highest BCUT2D eigenvalue weighted by molar-refractivity contribution is 8.02. The zero-order chi connectivity index (χ0) is 13.5. The van der Waals surface area contributed by atoms with Gasteiger partial charge in [-0.3, -0.25) is 0 Å². The van der Waals surface area contributed by atoms with Crippen molar-refractivity contribution in [2.24, 2.45) is 11.8 Å². The summed E-state index contributed by atoms with van der Waals surface area (Å²) in [6.45, 7) is 3.08. The molecule has 1 unspecified atom stereocenters. The monoisotopic (exact) mass is 287 g/mol. The molecule has 0 saturated carbocycles. The lowest BCUT2D eigenvalue weighted by molar-refractivity contribution is -0.0409. The van der Waals surface area contributed by atoms with Crippen molar-refractivity contribution in [2.75, 3.05) is 17.7 Å². The van der Waals surface area contributed by atoms with Crippen molar-refractivity contribution >= 4 is 17.4 Å². The van der Waals surface area contributed by atoms with Crippen molar-refractivity contribution in [2.45, 2.75) is 31.9 Å². The maximum absolute atomic E-state index is 6.18. The average Bonchev–Trinajstić information content (AvgIpc) is 3.01. The van der Waals surface area contributed by atoms with E-state index in [9.17, 15) is 0 Å². The molecule has 0 aliphatic carbocycles. The number of anilines is 1. The molecule has 3 aliphatic heterocycles. The van der Waals surface area contributed by atoms with E-state index in [2.05, 4.69) is 41.9 Å². The van der Waals surface area contributed by atoms with E-state index in [1.807, 2.05) is 11.8 Å². The Kier molecular flexibility index (Phi) is 3.27. The van der Waals surface area contributed by atoms with Gasteiger partial charge in [0.05, 0.1) is 6.10 Å². The molecule has 0 bridgehead atoms. The Labute approximate surface area is 125 Å². The Morgan fingerprint density at radius 1 is 1.35 bits per heavy atom. The van der Waals surface area contributed by atoms with Gasteiger partial charge in [-0.15, -0.1) is 11.8 Å². The third-order valence-corrected chi connectivity index (χ3v) is 5.76. The molecule has 0 aromatic heterocycles. The van der Waals surface area contributed by atoms with E-state index in [1.165, 1.54) is 35.4 Å². The summed E-state index contributed by atoms with van der Waals surface area (Å²) in [4.78, 5) is 0. The molecule has 1 aromatic rings. The summed E-state index contributed by atoms with van der Waals surface area (Å²) in [6.07, 6.45) is 5.16. The standard InChI is InChI=1S/C17H21NOS/c1-11-4-5-15-14(9-11)17-13(3-2-7-19-17)16(18-15)12-6-8-20-10-12/h4-6,8-9,12-13,16-18H,2-3,7,10H2,1H3/t12?,13-,16-,17-/m0/s1. The van der Waals surface area contributed by atoms with E-state index in [0.717, 1.165) is 6.61 Å². The van der Waals surface area contributed by atoms with E-state index in [1.54, 1.807) is 0 Å². The quantitative estimate of drug-likeness (QED) is 0.839. The van der Waals surface area contributed by atoms with Gasteiger partial charge in [0.25, 0.3) is 0 Å². The van der Waals surface area contributed by atoms with Crippen LogP contribution in [-0.2, 0) is 4.74 Å². The molecule has 0 amide bonds. The smallest absolute Gasteiger partial charge is 0.0892 e. The Hall–Kier alpha value is -0.930. The fraction of sp³-hybridized carbons (Fsp3) is 0.529. The fourth-order valence-electron chi connectivity index (χ4n) is 3.85. The highest BCUT2D eigenvalue weighted by Gasteiger charge is 2.42. The number of rotatable bonds is 1.